The smallest absolute Gasteiger partial charge is 0.253 e. The Morgan fingerprint density at radius 3 is 2.50 bits per heavy atom. The zero-order valence-electron chi connectivity index (χ0n) is 14.9. The first-order valence-electron chi connectivity index (χ1n) is 8.57. The molecule has 0 heterocycles. The summed E-state index contributed by atoms with van der Waals surface area (Å²) in [5, 5.41) is 6.46. The zero-order valence-corrected chi connectivity index (χ0v) is 16.5. The molecule has 0 aliphatic heterocycles. The van der Waals surface area contributed by atoms with Gasteiger partial charge in [-0.05, 0) is 49.7 Å². The lowest BCUT2D eigenvalue weighted by molar-refractivity contribution is -0.115. The van der Waals surface area contributed by atoms with Gasteiger partial charge in [0.05, 0.1) is 11.3 Å². The van der Waals surface area contributed by atoms with E-state index in [4.69, 9.17) is 11.6 Å². The third-order valence-electron chi connectivity index (χ3n) is 3.85. The van der Waals surface area contributed by atoms with Crippen LogP contribution in [0.5, 0.6) is 0 Å². The highest BCUT2D eigenvalue weighted by molar-refractivity contribution is 7.99. The summed E-state index contributed by atoms with van der Waals surface area (Å²) in [6.45, 7) is 3.96. The van der Waals surface area contributed by atoms with E-state index in [2.05, 4.69) is 10.6 Å². The summed E-state index contributed by atoms with van der Waals surface area (Å²) in [7, 11) is 0. The minimum atomic E-state index is -0.175. The summed E-state index contributed by atoms with van der Waals surface area (Å²) in [4.78, 5) is 25.7. The maximum absolute atomic E-state index is 12.4. The molecule has 4 nitrogen and oxygen atoms in total. The Balaban J connectivity index is 1.90. The van der Waals surface area contributed by atoms with Crippen LogP contribution in [-0.4, -0.2) is 23.6 Å². The lowest BCUT2D eigenvalue weighted by Crippen LogP contribution is -2.32. The number of anilines is 1. The van der Waals surface area contributed by atoms with Crippen molar-refractivity contribution in [3.63, 3.8) is 0 Å². The first kappa shape index (κ1) is 20.3. The van der Waals surface area contributed by atoms with Crippen LogP contribution in [-0.2, 0) is 4.79 Å². The van der Waals surface area contributed by atoms with Crippen LogP contribution >= 0.6 is 23.4 Å². The van der Waals surface area contributed by atoms with Crippen LogP contribution in [0.1, 0.15) is 37.0 Å². The SMILES string of the molecule is CC[C@@H](C)NC(=O)c1ccccc1NC(=O)CCSc1ccc(Cl)cc1. The van der Waals surface area contributed by atoms with E-state index in [1.54, 1.807) is 36.0 Å². The van der Waals surface area contributed by atoms with Crippen LogP contribution in [0.25, 0.3) is 0 Å². The molecule has 138 valence electrons. The van der Waals surface area contributed by atoms with E-state index in [1.165, 1.54) is 0 Å². The van der Waals surface area contributed by atoms with E-state index in [9.17, 15) is 9.59 Å². The standard InChI is InChI=1S/C20H23ClN2O2S/c1-3-14(2)22-20(25)17-6-4-5-7-18(17)23-19(24)12-13-26-16-10-8-15(21)9-11-16/h4-11,14H,3,12-13H2,1-2H3,(H,22,25)(H,23,24)/t14-/m1/s1. The highest BCUT2D eigenvalue weighted by atomic mass is 35.5. The lowest BCUT2D eigenvalue weighted by Gasteiger charge is -2.14. The van der Waals surface area contributed by atoms with E-state index < -0.39 is 0 Å². The van der Waals surface area contributed by atoms with Gasteiger partial charge in [-0.15, -0.1) is 11.8 Å². The Kier molecular flexibility index (Phi) is 8.01. The Bertz CT molecular complexity index is 750. The molecular formula is C20H23ClN2O2S. The van der Waals surface area contributed by atoms with E-state index in [0.717, 1.165) is 11.3 Å². The van der Waals surface area contributed by atoms with Gasteiger partial charge in [-0.3, -0.25) is 9.59 Å². The summed E-state index contributed by atoms with van der Waals surface area (Å²) < 4.78 is 0. The van der Waals surface area contributed by atoms with Gasteiger partial charge < -0.3 is 10.6 Å². The first-order valence-corrected chi connectivity index (χ1v) is 9.94. The van der Waals surface area contributed by atoms with Gasteiger partial charge in [0.25, 0.3) is 5.91 Å². The second-order valence-electron chi connectivity index (χ2n) is 5.93. The summed E-state index contributed by atoms with van der Waals surface area (Å²) in [5.41, 5.74) is 1.02. The molecule has 2 aromatic rings. The van der Waals surface area contributed by atoms with Gasteiger partial charge in [-0.25, -0.2) is 0 Å². The summed E-state index contributed by atoms with van der Waals surface area (Å²) in [6.07, 6.45) is 1.21. The number of thioether (sulfide) groups is 1. The summed E-state index contributed by atoms with van der Waals surface area (Å²) >= 11 is 7.45. The first-order chi connectivity index (χ1) is 12.5. The predicted octanol–water partition coefficient (Wildman–Crippen LogP) is 4.99. The number of hydrogen-bond donors (Lipinski definition) is 2. The molecule has 2 rings (SSSR count). The number of carbonyl (C=O) groups excluding carboxylic acids is 2. The number of amides is 2. The van der Waals surface area contributed by atoms with E-state index >= 15 is 0 Å². The Labute approximate surface area is 163 Å². The lowest BCUT2D eigenvalue weighted by atomic mass is 10.1. The fraction of sp³-hybridized carbons (Fsp3) is 0.300. The van der Waals surface area contributed by atoms with E-state index in [1.807, 2.05) is 38.1 Å². The van der Waals surface area contributed by atoms with Crippen molar-refractivity contribution in [3.8, 4) is 0 Å². The van der Waals surface area contributed by atoms with Crippen molar-refractivity contribution in [1.82, 2.24) is 5.32 Å². The number of benzene rings is 2. The molecular weight excluding hydrogens is 368 g/mol. The van der Waals surface area contributed by atoms with Gasteiger partial charge in [0.15, 0.2) is 0 Å². The summed E-state index contributed by atoms with van der Waals surface area (Å²) in [5.74, 6) is 0.357. The second-order valence-corrected chi connectivity index (χ2v) is 7.53. The molecule has 2 aromatic carbocycles. The molecule has 0 saturated heterocycles. The zero-order chi connectivity index (χ0) is 18.9. The molecule has 0 spiro atoms. The Hall–Kier alpha value is -1.98. The number of carbonyl (C=O) groups is 2. The van der Waals surface area contributed by atoms with Gasteiger partial charge in [-0.1, -0.05) is 30.7 Å². The van der Waals surface area contributed by atoms with Crippen LogP contribution in [0.4, 0.5) is 5.69 Å². The van der Waals surface area contributed by atoms with Gasteiger partial charge >= 0.3 is 0 Å². The van der Waals surface area contributed by atoms with Gasteiger partial charge in [-0.2, -0.15) is 0 Å². The van der Waals surface area contributed by atoms with Crippen molar-refractivity contribution in [3.05, 3.63) is 59.1 Å². The fourth-order valence-electron chi connectivity index (χ4n) is 2.20. The van der Waals surface area contributed by atoms with Crippen molar-refractivity contribution >= 4 is 40.9 Å². The third kappa shape index (κ3) is 6.39. The van der Waals surface area contributed by atoms with Crippen LogP contribution < -0.4 is 10.6 Å². The quantitative estimate of drug-likeness (QED) is 0.624. The number of hydrogen-bond acceptors (Lipinski definition) is 3. The van der Waals surface area contributed by atoms with Crippen molar-refractivity contribution in [2.45, 2.75) is 37.6 Å². The number of halogens is 1. The Morgan fingerprint density at radius 2 is 1.81 bits per heavy atom. The van der Waals surface area contributed by atoms with Gasteiger partial charge in [0, 0.05) is 28.1 Å². The molecule has 1 atom stereocenters. The number of nitrogens with one attached hydrogen (secondary N) is 2. The van der Waals surface area contributed by atoms with Crippen molar-refractivity contribution in [1.29, 1.82) is 0 Å². The van der Waals surface area contributed by atoms with Crippen LogP contribution in [0, 0.1) is 0 Å². The van der Waals surface area contributed by atoms with Crippen LogP contribution in [0.3, 0.4) is 0 Å². The molecule has 0 bridgehead atoms. The Morgan fingerprint density at radius 1 is 1.12 bits per heavy atom. The van der Waals surface area contributed by atoms with Crippen molar-refractivity contribution < 1.29 is 9.59 Å². The highest BCUT2D eigenvalue weighted by Gasteiger charge is 2.14. The van der Waals surface area contributed by atoms with Gasteiger partial charge in [0.1, 0.15) is 0 Å². The molecule has 0 fully saturated rings. The third-order valence-corrected chi connectivity index (χ3v) is 5.11. The average molecular weight is 391 g/mol. The maximum atomic E-state index is 12.4. The topological polar surface area (TPSA) is 58.2 Å². The van der Waals surface area contributed by atoms with Crippen LogP contribution in [0.2, 0.25) is 5.02 Å². The normalized spacial score (nSPS) is 11.7. The minimum Gasteiger partial charge on any atom is -0.350 e. The second kappa shape index (κ2) is 10.2. The van der Waals surface area contributed by atoms with E-state index in [-0.39, 0.29) is 17.9 Å². The molecule has 0 aliphatic rings. The molecule has 0 aromatic heterocycles. The molecule has 2 N–H and O–H groups in total. The van der Waals surface area contributed by atoms with Crippen molar-refractivity contribution in [2.24, 2.45) is 0 Å². The van der Waals surface area contributed by atoms with Crippen LogP contribution in [0.15, 0.2) is 53.4 Å². The molecule has 6 heteroatoms. The van der Waals surface area contributed by atoms with Gasteiger partial charge in [0.2, 0.25) is 5.91 Å². The highest BCUT2D eigenvalue weighted by Crippen LogP contribution is 2.21. The minimum absolute atomic E-state index is 0.0852. The molecule has 0 radical (unpaired) electrons. The molecule has 0 unspecified atom stereocenters. The molecule has 26 heavy (non-hydrogen) atoms. The number of para-hydroxylation sites is 1. The maximum Gasteiger partial charge on any atom is 0.253 e. The monoisotopic (exact) mass is 390 g/mol. The molecule has 2 amide bonds. The predicted molar refractivity (Wildman–Crippen MR) is 109 cm³/mol. The summed E-state index contributed by atoms with van der Waals surface area (Å²) in [6, 6.07) is 14.7. The number of rotatable bonds is 8. The van der Waals surface area contributed by atoms with E-state index in [0.29, 0.717) is 28.4 Å². The molecule has 0 saturated carbocycles. The fourth-order valence-corrected chi connectivity index (χ4v) is 3.18. The molecule has 0 aliphatic carbocycles. The van der Waals surface area contributed by atoms with Crippen molar-refractivity contribution in [2.75, 3.05) is 11.1 Å². The largest absolute Gasteiger partial charge is 0.350 e. The average Bonchev–Trinajstić information content (AvgIpc) is 2.63.